The molecule has 0 fully saturated rings. The SMILES string of the molecule is COc1ccc2ccnc(NCC(=O)NC(C)C)c2c1. The number of nitrogens with one attached hydrogen (secondary N) is 2. The van der Waals surface area contributed by atoms with Gasteiger partial charge < -0.3 is 15.4 Å². The van der Waals surface area contributed by atoms with Gasteiger partial charge in [-0.15, -0.1) is 0 Å². The van der Waals surface area contributed by atoms with Gasteiger partial charge in [-0.05, 0) is 37.4 Å². The van der Waals surface area contributed by atoms with Crippen molar-refractivity contribution in [3.8, 4) is 5.75 Å². The van der Waals surface area contributed by atoms with E-state index in [1.54, 1.807) is 13.3 Å². The predicted octanol–water partition coefficient (Wildman–Crippen LogP) is 2.18. The normalized spacial score (nSPS) is 10.6. The minimum atomic E-state index is -0.0540. The maximum Gasteiger partial charge on any atom is 0.239 e. The average Bonchev–Trinajstić information content (AvgIpc) is 2.43. The lowest BCUT2D eigenvalue weighted by Gasteiger charge is -2.11. The van der Waals surface area contributed by atoms with Crippen LogP contribution in [0.5, 0.6) is 5.75 Å². The van der Waals surface area contributed by atoms with Crippen molar-refractivity contribution in [2.24, 2.45) is 0 Å². The second-order valence-electron chi connectivity index (χ2n) is 4.82. The van der Waals surface area contributed by atoms with Crippen LogP contribution < -0.4 is 15.4 Å². The summed E-state index contributed by atoms with van der Waals surface area (Å²) in [6.07, 6.45) is 1.72. The van der Waals surface area contributed by atoms with E-state index in [-0.39, 0.29) is 18.5 Å². The van der Waals surface area contributed by atoms with Gasteiger partial charge in [0.15, 0.2) is 0 Å². The third-order valence-corrected chi connectivity index (χ3v) is 2.84. The first-order chi connectivity index (χ1) is 9.60. The summed E-state index contributed by atoms with van der Waals surface area (Å²) in [5, 5.41) is 7.88. The number of hydrogen-bond donors (Lipinski definition) is 2. The molecule has 1 aromatic carbocycles. The van der Waals surface area contributed by atoms with Gasteiger partial charge in [-0.25, -0.2) is 4.98 Å². The van der Waals surface area contributed by atoms with E-state index in [1.165, 1.54) is 0 Å². The van der Waals surface area contributed by atoms with Gasteiger partial charge in [0.2, 0.25) is 5.91 Å². The number of carbonyl (C=O) groups excluding carboxylic acids is 1. The van der Waals surface area contributed by atoms with E-state index in [4.69, 9.17) is 4.74 Å². The zero-order valence-electron chi connectivity index (χ0n) is 11.9. The van der Waals surface area contributed by atoms with Gasteiger partial charge in [-0.2, -0.15) is 0 Å². The molecular weight excluding hydrogens is 254 g/mol. The Hall–Kier alpha value is -2.30. The van der Waals surface area contributed by atoms with Crippen molar-refractivity contribution in [3.05, 3.63) is 30.5 Å². The first kappa shape index (κ1) is 14.1. The van der Waals surface area contributed by atoms with Crippen molar-refractivity contribution >= 4 is 22.5 Å². The van der Waals surface area contributed by atoms with E-state index in [0.29, 0.717) is 5.82 Å². The number of anilines is 1. The van der Waals surface area contributed by atoms with Crippen molar-refractivity contribution in [3.63, 3.8) is 0 Å². The molecule has 1 amide bonds. The topological polar surface area (TPSA) is 63.2 Å². The Morgan fingerprint density at radius 2 is 2.15 bits per heavy atom. The van der Waals surface area contributed by atoms with Crippen molar-refractivity contribution in [1.29, 1.82) is 0 Å². The van der Waals surface area contributed by atoms with E-state index in [2.05, 4.69) is 15.6 Å². The van der Waals surface area contributed by atoms with Crippen LogP contribution in [0.1, 0.15) is 13.8 Å². The zero-order chi connectivity index (χ0) is 14.5. The molecule has 0 saturated carbocycles. The van der Waals surface area contributed by atoms with E-state index in [0.717, 1.165) is 16.5 Å². The molecule has 0 aliphatic rings. The molecule has 1 aromatic heterocycles. The van der Waals surface area contributed by atoms with Crippen LogP contribution in [-0.4, -0.2) is 30.6 Å². The summed E-state index contributed by atoms with van der Waals surface area (Å²) in [7, 11) is 1.63. The zero-order valence-corrected chi connectivity index (χ0v) is 11.9. The number of ether oxygens (including phenoxy) is 1. The fourth-order valence-corrected chi connectivity index (χ4v) is 1.95. The lowest BCUT2D eigenvalue weighted by molar-refractivity contribution is -0.119. The molecular formula is C15H19N3O2. The van der Waals surface area contributed by atoms with E-state index >= 15 is 0 Å². The number of amides is 1. The summed E-state index contributed by atoms with van der Waals surface area (Å²) < 4.78 is 5.22. The van der Waals surface area contributed by atoms with Gasteiger partial charge in [0, 0.05) is 17.6 Å². The molecule has 0 aliphatic carbocycles. The quantitative estimate of drug-likeness (QED) is 0.876. The maximum absolute atomic E-state index is 11.7. The summed E-state index contributed by atoms with van der Waals surface area (Å²) >= 11 is 0. The van der Waals surface area contributed by atoms with Gasteiger partial charge in [0.05, 0.1) is 13.7 Å². The molecule has 5 nitrogen and oxygen atoms in total. The van der Waals surface area contributed by atoms with Crippen LogP contribution in [0.2, 0.25) is 0 Å². The Morgan fingerprint density at radius 3 is 2.85 bits per heavy atom. The molecule has 2 rings (SSSR count). The second-order valence-corrected chi connectivity index (χ2v) is 4.82. The fraction of sp³-hybridized carbons (Fsp3) is 0.333. The highest BCUT2D eigenvalue weighted by Crippen LogP contribution is 2.25. The fourth-order valence-electron chi connectivity index (χ4n) is 1.95. The highest BCUT2D eigenvalue weighted by atomic mass is 16.5. The monoisotopic (exact) mass is 273 g/mol. The molecule has 2 aromatic rings. The van der Waals surface area contributed by atoms with Crippen LogP contribution in [0.25, 0.3) is 10.8 Å². The highest BCUT2D eigenvalue weighted by molar-refractivity contribution is 5.94. The summed E-state index contributed by atoms with van der Waals surface area (Å²) in [6.45, 7) is 4.05. The molecule has 2 N–H and O–H groups in total. The average molecular weight is 273 g/mol. The standard InChI is InChI=1S/C15H19N3O2/c1-10(2)18-14(19)9-17-15-13-8-12(20-3)5-4-11(13)6-7-16-15/h4-8,10H,9H2,1-3H3,(H,16,17)(H,18,19). The van der Waals surface area contributed by atoms with Gasteiger partial charge in [-0.1, -0.05) is 6.07 Å². The molecule has 0 unspecified atom stereocenters. The van der Waals surface area contributed by atoms with Crippen LogP contribution in [-0.2, 0) is 4.79 Å². The smallest absolute Gasteiger partial charge is 0.239 e. The lowest BCUT2D eigenvalue weighted by Crippen LogP contribution is -2.34. The molecule has 0 atom stereocenters. The largest absolute Gasteiger partial charge is 0.497 e. The molecule has 20 heavy (non-hydrogen) atoms. The van der Waals surface area contributed by atoms with E-state index in [9.17, 15) is 4.79 Å². The highest BCUT2D eigenvalue weighted by Gasteiger charge is 2.07. The minimum Gasteiger partial charge on any atom is -0.497 e. The van der Waals surface area contributed by atoms with Crippen molar-refractivity contribution in [2.75, 3.05) is 19.0 Å². The second kappa shape index (κ2) is 6.23. The minimum absolute atomic E-state index is 0.0540. The number of methoxy groups -OCH3 is 1. The molecule has 0 bridgehead atoms. The van der Waals surface area contributed by atoms with E-state index in [1.807, 2.05) is 38.1 Å². The summed E-state index contributed by atoms with van der Waals surface area (Å²) in [5.41, 5.74) is 0. The van der Waals surface area contributed by atoms with Gasteiger partial charge in [0.1, 0.15) is 11.6 Å². The molecule has 0 radical (unpaired) electrons. The Morgan fingerprint density at radius 1 is 1.35 bits per heavy atom. The van der Waals surface area contributed by atoms with Crippen LogP contribution in [0.15, 0.2) is 30.5 Å². The van der Waals surface area contributed by atoms with Gasteiger partial charge in [-0.3, -0.25) is 4.79 Å². The molecule has 0 aliphatic heterocycles. The molecule has 5 heteroatoms. The van der Waals surface area contributed by atoms with Crippen molar-refractivity contribution in [1.82, 2.24) is 10.3 Å². The Kier molecular flexibility index (Phi) is 4.40. The predicted molar refractivity (Wildman–Crippen MR) is 80.1 cm³/mol. The van der Waals surface area contributed by atoms with Gasteiger partial charge >= 0.3 is 0 Å². The Balaban J connectivity index is 2.19. The van der Waals surface area contributed by atoms with Crippen LogP contribution in [0.3, 0.4) is 0 Å². The number of aromatic nitrogens is 1. The molecule has 0 saturated heterocycles. The summed E-state index contributed by atoms with van der Waals surface area (Å²) in [6, 6.07) is 7.83. The molecule has 1 heterocycles. The lowest BCUT2D eigenvalue weighted by atomic mass is 10.1. The number of benzene rings is 1. The first-order valence-electron chi connectivity index (χ1n) is 6.56. The number of hydrogen-bond acceptors (Lipinski definition) is 4. The molecule has 106 valence electrons. The molecule has 0 spiro atoms. The summed E-state index contributed by atoms with van der Waals surface area (Å²) in [4.78, 5) is 15.9. The Bertz CT molecular complexity index is 611. The summed E-state index contributed by atoms with van der Waals surface area (Å²) in [5.74, 6) is 1.39. The Labute approximate surface area is 118 Å². The number of pyridine rings is 1. The van der Waals surface area contributed by atoms with E-state index < -0.39 is 0 Å². The third-order valence-electron chi connectivity index (χ3n) is 2.84. The van der Waals surface area contributed by atoms with Crippen molar-refractivity contribution < 1.29 is 9.53 Å². The number of fused-ring (bicyclic) bond motifs is 1. The van der Waals surface area contributed by atoms with Gasteiger partial charge in [0.25, 0.3) is 0 Å². The van der Waals surface area contributed by atoms with Crippen LogP contribution >= 0.6 is 0 Å². The number of nitrogens with zero attached hydrogens (tertiary/aromatic N) is 1. The van der Waals surface area contributed by atoms with Crippen LogP contribution in [0.4, 0.5) is 5.82 Å². The maximum atomic E-state index is 11.7. The van der Waals surface area contributed by atoms with Crippen molar-refractivity contribution in [2.45, 2.75) is 19.9 Å². The first-order valence-corrected chi connectivity index (χ1v) is 6.56. The number of carbonyl (C=O) groups is 1. The third kappa shape index (κ3) is 3.38. The number of rotatable bonds is 5. The van der Waals surface area contributed by atoms with Crippen LogP contribution in [0, 0.1) is 0 Å².